The third kappa shape index (κ3) is 4.91. The Balaban J connectivity index is 1.79. The molecule has 120 valence electrons. The number of oxazole rings is 1. The Morgan fingerprint density at radius 3 is 2.86 bits per heavy atom. The van der Waals surface area contributed by atoms with Crippen molar-refractivity contribution in [2.45, 2.75) is 40.3 Å². The summed E-state index contributed by atoms with van der Waals surface area (Å²) in [6.45, 7) is 8.85. The van der Waals surface area contributed by atoms with E-state index in [2.05, 4.69) is 25.7 Å². The van der Waals surface area contributed by atoms with Gasteiger partial charge < -0.3 is 15.1 Å². The van der Waals surface area contributed by atoms with Gasteiger partial charge in [-0.3, -0.25) is 4.68 Å². The minimum Gasteiger partial charge on any atom is -0.444 e. The van der Waals surface area contributed by atoms with Crippen molar-refractivity contribution < 1.29 is 4.42 Å². The summed E-state index contributed by atoms with van der Waals surface area (Å²) in [5.41, 5.74) is 0.919. The van der Waals surface area contributed by atoms with Crippen LogP contribution < -0.4 is 10.6 Å². The molecule has 2 heterocycles. The highest BCUT2D eigenvalue weighted by Crippen LogP contribution is 2.08. The lowest BCUT2D eigenvalue weighted by Gasteiger charge is -2.10. The smallest absolute Gasteiger partial charge is 0.216 e. The summed E-state index contributed by atoms with van der Waals surface area (Å²) in [4.78, 5) is 8.82. The molecule has 0 aliphatic heterocycles. The van der Waals surface area contributed by atoms with E-state index >= 15 is 0 Å². The van der Waals surface area contributed by atoms with Crippen molar-refractivity contribution in [3.05, 3.63) is 35.8 Å². The minimum atomic E-state index is 0.434. The highest BCUT2D eigenvalue weighted by Gasteiger charge is 2.05. The van der Waals surface area contributed by atoms with Crippen LogP contribution in [0.3, 0.4) is 0 Å². The van der Waals surface area contributed by atoms with E-state index in [0.29, 0.717) is 12.4 Å². The summed E-state index contributed by atoms with van der Waals surface area (Å²) >= 11 is 0. The molecule has 2 aromatic heterocycles. The van der Waals surface area contributed by atoms with Gasteiger partial charge >= 0.3 is 0 Å². The van der Waals surface area contributed by atoms with E-state index in [1.807, 2.05) is 37.7 Å². The highest BCUT2D eigenvalue weighted by atomic mass is 16.4. The number of rotatable bonds is 7. The summed E-state index contributed by atoms with van der Waals surface area (Å²) in [5, 5.41) is 10.7. The zero-order valence-electron chi connectivity index (χ0n) is 13.5. The lowest BCUT2D eigenvalue weighted by atomic mass is 10.4. The minimum absolute atomic E-state index is 0.434. The second-order valence-corrected chi connectivity index (χ2v) is 4.99. The van der Waals surface area contributed by atoms with Crippen LogP contribution in [-0.4, -0.2) is 33.8 Å². The molecule has 2 N–H and O–H groups in total. The first-order valence-corrected chi connectivity index (χ1v) is 7.61. The molecule has 0 saturated carbocycles. The molecule has 7 heteroatoms. The summed E-state index contributed by atoms with van der Waals surface area (Å²) < 4.78 is 7.45. The predicted molar refractivity (Wildman–Crippen MR) is 85.6 cm³/mol. The Kier molecular flexibility index (Phi) is 6.00. The third-order valence-electron chi connectivity index (χ3n) is 3.21. The number of aryl methyl sites for hydroxylation is 3. The molecule has 0 fully saturated rings. The van der Waals surface area contributed by atoms with Crippen LogP contribution in [0.2, 0.25) is 0 Å². The zero-order valence-corrected chi connectivity index (χ0v) is 13.5. The number of hydrogen-bond donors (Lipinski definition) is 2. The molecular weight excluding hydrogens is 280 g/mol. The van der Waals surface area contributed by atoms with Gasteiger partial charge in [-0.2, -0.15) is 5.10 Å². The van der Waals surface area contributed by atoms with E-state index in [4.69, 9.17) is 4.42 Å². The van der Waals surface area contributed by atoms with E-state index in [1.165, 1.54) is 0 Å². The molecule has 0 aliphatic carbocycles. The third-order valence-corrected chi connectivity index (χ3v) is 3.21. The van der Waals surface area contributed by atoms with Crippen molar-refractivity contribution in [1.82, 2.24) is 25.4 Å². The first kappa shape index (κ1) is 16.1. The quantitative estimate of drug-likeness (QED) is 0.462. The maximum Gasteiger partial charge on any atom is 0.216 e. The van der Waals surface area contributed by atoms with Crippen molar-refractivity contribution >= 4 is 5.96 Å². The van der Waals surface area contributed by atoms with Crippen LogP contribution in [0.25, 0.3) is 0 Å². The summed E-state index contributed by atoms with van der Waals surface area (Å²) in [7, 11) is 0. The van der Waals surface area contributed by atoms with Gasteiger partial charge in [-0.05, 0) is 33.3 Å². The van der Waals surface area contributed by atoms with Gasteiger partial charge in [0.2, 0.25) is 5.89 Å². The number of aliphatic imine (C=N–C) groups is 1. The van der Waals surface area contributed by atoms with Crippen molar-refractivity contribution in [1.29, 1.82) is 0 Å². The monoisotopic (exact) mass is 304 g/mol. The Morgan fingerprint density at radius 2 is 2.23 bits per heavy atom. The normalized spacial score (nSPS) is 11.7. The molecule has 0 unspecified atom stereocenters. The van der Waals surface area contributed by atoms with Crippen LogP contribution >= 0.6 is 0 Å². The molecule has 2 rings (SSSR count). The number of guanidine groups is 1. The Bertz CT molecular complexity index is 568. The predicted octanol–water partition coefficient (Wildman–Crippen LogP) is 1.63. The molecule has 0 spiro atoms. The van der Waals surface area contributed by atoms with Crippen LogP contribution in [0.1, 0.15) is 30.7 Å². The molecule has 0 radical (unpaired) electrons. The molecule has 0 amide bonds. The zero-order chi connectivity index (χ0) is 15.8. The molecule has 7 nitrogen and oxygen atoms in total. The van der Waals surface area contributed by atoms with Crippen LogP contribution in [0.4, 0.5) is 0 Å². The van der Waals surface area contributed by atoms with E-state index in [-0.39, 0.29) is 0 Å². The van der Waals surface area contributed by atoms with Crippen LogP contribution in [0.5, 0.6) is 0 Å². The highest BCUT2D eigenvalue weighted by molar-refractivity contribution is 5.79. The molecule has 22 heavy (non-hydrogen) atoms. The number of nitrogens with zero attached hydrogens (tertiary/aromatic N) is 4. The van der Waals surface area contributed by atoms with E-state index in [1.54, 1.807) is 6.20 Å². The largest absolute Gasteiger partial charge is 0.444 e. The molecule has 0 atom stereocenters. The van der Waals surface area contributed by atoms with Gasteiger partial charge in [0.1, 0.15) is 12.3 Å². The average Bonchev–Trinajstić information content (AvgIpc) is 3.11. The van der Waals surface area contributed by atoms with Crippen molar-refractivity contribution in [2.24, 2.45) is 4.99 Å². The second-order valence-electron chi connectivity index (χ2n) is 4.99. The molecule has 0 aliphatic rings. The van der Waals surface area contributed by atoms with E-state index in [9.17, 15) is 0 Å². The van der Waals surface area contributed by atoms with Crippen molar-refractivity contribution in [3.63, 3.8) is 0 Å². The van der Waals surface area contributed by atoms with Gasteiger partial charge in [-0.15, -0.1) is 0 Å². The summed E-state index contributed by atoms with van der Waals surface area (Å²) in [5.74, 6) is 2.27. The van der Waals surface area contributed by atoms with E-state index < -0.39 is 0 Å². The lowest BCUT2D eigenvalue weighted by Crippen LogP contribution is -2.38. The maximum absolute atomic E-state index is 5.53. The number of aromatic nitrogens is 3. The fourth-order valence-electron chi connectivity index (χ4n) is 1.98. The van der Waals surface area contributed by atoms with Crippen LogP contribution in [0.15, 0.2) is 27.9 Å². The topological polar surface area (TPSA) is 80.3 Å². The maximum atomic E-state index is 5.53. The van der Waals surface area contributed by atoms with Crippen LogP contribution in [0, 0.1) is 13.8 Å². The Labute approximate surface area is 130 Å². The first-order chi connectivity index (χ1) is 10.7. The van der Waals surface area contributed by atoms with Gasteiger partial charge in [-0.25, -0.2) is 9.98 Å². The second kappa shape index (κ2) is 8.21. The standard InChI is InChI=1S/C15H24N6O/c1-4-16-15(17-7-5-9-21-10-6-8-19-21)18-11-14-20-12(2)13(3)22-14/h6,8,10H,4-5,7,9,11H2,1-3H3,(H2,16,17,18). The Hall–Kier alpha value is -2.31. The summed E-state index contributed by atoms with van der Waals surface area (Å²) in [6, 6.07) is 1.93. The molecule has 0 saturated heterocycles. The molecular formula is C15H24N6O. The first-order valence-electron chi connectivity index (χ1n) is 7.61. The fraction of sp³-hybridized carbons (Fsp3) is 0.533. The van der Waals surface area contributed by atoms with Gasteiger partial charge in [0, 0.05) is 32.0 Å². The fourth-order valence-corrected chi connectivity index (χ4v) is 1.98. The number of nitrogens with one attached hydrogen (secondary N) is 2. The van der Waals surface area contributed by atoms with Gasteiger partial charge in [0.05, 0.1) is 5.69 Å². The SMILES string of the molecule is CCNC(=NCc1nc(C)c(C)o1)NCCCn1cccn1. The van der Waals surface area contributed by atoms with E-state index in [0.717, 1.165) is 43.5 Å². The van der Waals surface area contributed by atoms with Crippen molar-refractivity contribution in [3.8, 4) is 0 Å². The lowest BCUT2D eigenvalue weighted by molar-refractivity contribution is 0.472. The summed E-state index contributed by atoms with van der Waals surface area (Å²) in [6.07, 6.45) is 4.73. The Morgan fingerprint density at radius 1 is 1.36 bits per heavy atom. The van der Waals surface area contributed by atoms with Crippen molar-refractivity contribution in [2.75, 3.05) is 13.1 Å². The molecule has 2 aromatic rings. The molecule has 0 aromatic carbocycles. The molecule has 0 bridgehead atoms. The number of hydrogen-bond acceptors (Lipinski definition) is 4. The van der Waals surface area contributed by atoms with Crippen LogP contribution in [-0.2, 0) is 13.1 Å². The van der Waals surface area contributed by atoms with Gasteiger partial charge in [0.15, 0.2) is 5.96 Å². The van der Waals surface area contributed by atoms with Gasteiger partial charge in [-0.1, -0.05) is 0 Å². The average molecular weight is 304 g/mol. The van der Waals surface area contributed by atoms with Gasteiger partial charge in [0.25, 0.3) is 0 Å².